The minimum Gasteiger partial charge on any atom is -0.329 e. The van der Waals surface area contributed by atoms with E-state index < -0.39 is 31.5 Å². The largest absolute Gasteiger partial charge is 0.409 e. The predicted molar refractivity (Wildman–Crippen MR) is 107 cm³/mol. The van der Waals surface area contributed by atoms with Gasteiger partial charge in [-0.15, -0.1) is 10.2 Å². The molecule has 0 unspecified atom stereocenters. The molecule has 0 aliphatic carbocycles. The van der Waals surface area contributed by atoms with E-state index in [-0.39, 0.29) is 11.5 Å². The fraction of sp³-hybridized carbons (Fsp3) is 0.211. The number of fused-ring (bicyclic) bond motifs is 1. The number of tetrazole rings is 1. The van der Waals surface area contributed by atoms with E-state index in [1.54, 1.807) is 46.2 Å². The van der Waals surface area contributed by atoms with Gasteiger partial charge in [-0.1, -0.05) is 12.1 Å². The van der Waals surface area contributed by atoms with Crippen LogP contribution in [0.15, 0.2) is 48.8 Å². The lowest BCUT2D eigenvalue weighted by atomic mass is 10.1. The third-order valence-corrected chi connectivity index (χ3v) is 4.41. The van der Waals surface area contributed by atoms with Gasteiger partial charge in [-0.2, -0.15) is 31.1 Å². The van der Waals surface area contributed by atoms with Crippen molar-refractivity contribution in [2.24, 2.45) is 0 Å². The second-order valence-corrected chi connectivity index (χ2v) is 7.05. The molecule has 3 aromatic heterocycles. The van der Waals surface area contributed by atoms with Crippen LogP contribution in [0.3, 0.4) is 0 Å². The van der Waals surface area contributed by atoms with E-state index in [1.807, 2.05) is 0 Å². The van der Waals surface area contributed by atoms with Gasteiger partial charge in [-0.25, -0.2) is 9.78 Å². The van der Waals surface area contributed by atoms with Crippen LogP contribution >= 0.6 is 0 Å². The van der Waals surface area contributed by atoms with E-state index in [4.69, 9.17) is 0 Å². The van der Waals surface area contributed by atoms with Crippen LogP contribution in [0, 0.1) is 0 Å². The molecule has 178 valence electrons. The minimum atomic E-state index is -4.53. The second kappa shape index (κ2) is 8.64. The first-order valence-electron chi connectivity index (χ1n) is 9.51. The number of nitrogens with one attached hydrogen (secondary N) is 2. The van der Waals surface area contributed by atoms with Crippen LogP contribution < -0.4 is 10.6 Å². The molecule has 0 saturated carbocycles. The van der Waals surface area contributed by atoms with Crippen molar-refractivity contribution in [3.05, 3.63) is 48.8 Å². The van der Waals surface area contributed by atoms with E-state index in [0.717, 1.165) is 0 Å². The highest BCUT2D eigenvalue weighted by Crippen LogP contribution is 2.26. The molecule has 4 aromatic rings. The Balaban J connectivity index is 1.54. The van der Waals surface area contributed by atoms with E-state index >= 15 is 0 Å². The van der Waals surface area contributed by atoms with Crippen molar-refractivity contribution in [3.8, 4) is 22.6 Å². The van der Waals surface area contributed by atoms with Crippen LogP contribution in [0.4, 0.5) is 36.8 Å². The van der Waals surface area contributed by atoms with Gasteiger partial charge in [0.25, 0.3) is 0 Å². The molecule has 3 heterocycles. The average molecular weight is 484 g/mol. The molecular formula is C19H14F6N8O. The quantitative estimate of drug-likeness (QED) is 0.419. The maximum Gasteiger partial charge on any atom is 0.409 e. The Morgan fingerprint density at radius 3 is 2.53 bits per heavy atom. The van der Waals surface area contributed by atoms with Crippen LogP contribution in [-0.2, 0) is 6.54 Å². The van der Waals surface area contributed by atoms with Crippen LogP contribution in [-0.4, -0.2) is 54.5 Å². The van der Waals surface area contributed by atoms with Crippen LogP contribution in [0.2, 0.25) is 0 Å². The molecule has 15 heteroatoms. The molecule has 0 saturated heterocycles. The molecule has 2 amide bonds. The highest BCUT2D eigenvalue weighted by atomic mass is 19.4. The SMILES string of the molecule is O=C(NCC(F)(F)F)Nc1cccc(-c2cnc3cc(-c4nnn(CC(F)(F)F)n4)ccn23)c1. The predicted octanol–water partition coefficient (Wildman–Crippen LogP) is 3.90. The maximum absolute atomic E-state index is 12.5. The summed E-state index contributed by atoms with van der Waals surface area (Å²) >= 11 is 0. The smallest absolute Gasteiger partial charge is 0.329 e. The van der Waals surface area contributed by atoms with Crippen LogP contribution in [0.1, 0.15) is 0 Å². The van der Waals surface area contributed by atoms with Crippen molar-refractivity contribution in [2.45, 2.75) is 18.9 Å². The van der Waals surface area contributed by atoms with Gasteiger partial charge in [-0.3, -0.25) is 4.40 Å². The zero-order chi connectivity index (χ0) is 24.5. The normalized spacial score (nSPS) is 12.2. The number of carbonyl (C=O) groups is 1. The topological polar surface area (TPSA) is 102 Å². The standard InChI is InChI=1S/C19H14F6N8O/c20-18(21,22)9-27-17(34)28-13-3-1-2-11(6-13)14-8-26-15-7-12(4-5-32(14)15)16-29-31-33(30-16)10-19(23,24)25/h1-8H,9-10H2,(H2,27,28,34). The van der Waals surface area contributed by atoms with E-state index in [1.165, 1.54) is 12.3 Å². The number of rotatable bonds is 5. The molecule has 0 bridgehead atoms. The lowest BCUT2D eigenvalue weighted by Crippen LogP contribution is -2.36. The first kappa shape index (κ1) is 23.0. The number of amides is 2. The Morgan fingerprint density at radius 2 is 1.79 bits per heavy atom. The van der Waals surface area contributed by atoms with E-state index in [9.17, 15) is 31.1 Å². The summed E-state index contributed by atoms with van der Waals surface area (Å²) in [6.07, 6.45) is -5.89. The van der Waals surface area contributed by atoms with Gasteiger partial charge in [0.1, 0.15) is 12.2 Å². The number of hydrogen-bond acceptors (Lipinski definition) is 5. The summed E-state index contributed by atoms with van der Waals surface area (Å²) in [5, 5.41) is 14.8. The summed E-state index contributed by atoms with van der Waals surface area (Å²) in [5.74, 6) is -0.00707. The Bertz CT molecular complexity index is 1330. The first-order valence-corrected chi connectivity index (χ1v) is 9.51. The zero-order valence-electron chi connectivity index (χ0n) is 16.9. The van der Waals surface area contributed by atoms with Gasteiger partial charge in [0.05, 0.1) is 11.9 Å². The van der Waals surface area contributed by atoms with E-state index in [2.05, 4.69) is 25.7 Å². The fourth-order valence-electron chi connectivity index (χ4n) is 3.03. The van der Waals surface area contributed by atoms with Gasteiger partial charge >= 0.3 is 18.4 Å². The molecule has 2 N–H and O–H groups in total. The first-order chi connectivity index (χ1) is 16.0. The molecule has 9 nitrogen and oxygen atoms in total. The Morgan fingerprint density at radius 1 is 1.00 bits per heavy atom. The number of nitrogens with zero attached hydrogens (tertiary/aromatic N) is 6. The highest BCUT2D eigenvalue weighted by molar-refractivity contribution is 5.90. The number of aromatic nitrogens is 6. The lowest BCUT2D eigenvalue weighted by Gasteiger charge is -2.10. The van der Waals surface area contributed by atoms with Gasteiger partial charge in [0, 0.05) is 23.0 Å². The number of anilines is 1. The number of halogens is 6. The van der Waals surface area contributed by atoms with Crippen LogP contribution in [0.5, 0.6) is 0 Å². The number of benzene rings is 1. The molecule has 34 heavy (non-hydrogen) atoms. The molecule has 0 spiro atoms. The molecule has 0 aliphatic rings. The Kier molecular flexibility index (Phi) is 5.85. The third kappa shape index (κ3) is 5.60. The summed E-state index contributed by atoms with van der Waals surface area (Å²) in [4.78, 5) is 16.4. The molecule has 0 fully saturated rings. The number of carbonyl (C=O) groups excluding carboxylic acids is 1. The summed E-state index contributed by atoms with van der Waals surface area (Å²) in [7, 11) is 0. The Hall–Kier alpha value is -4.17. The van der Waals surface area contributed by atoms with Crippen molar-refractivity contribution >= 4 is 17.4 Å². The van der Waals surface area contributed by atoms with Gasteiger partial charge in [0.15, 0.2) is 6.54 Å². The fourth-order valence-corrected chi connectivity index (χ4v) is 3.03. The molecular weight excluding hydrogens is 470 g/mol. The van der Waals surface area contributed by atoms with Crippen molar-refractivity contribution in [1.82, 2.24) is 34.9 Å². The number of urea groups is 1. The number of pyridine rings is 1. The van der Waals surface area contributed by atoms with Crippen molar-refractivity contribution < 1.29 is 31.1 Å². The second-order valence-electron chi connectivity index (χ2n) is 7.05. The summed E-state index contributed by atoms with van der Waals surface area (Å²) in [6, 6.07) is 8.49. The highest BCUT2D eigenvalue weighted by Gasteiger charge is 2.30. The zero-order valence-corrected chi connectivity index (χ0v) is 16.9. The molecule has 0 atom stereocenters. The Labute approximate surface area is 186 Å². The minimum absolute atomic E-state index is 0.00707. The van der Waals surface area contributed by atoms with Gasteiger partial charge in [0.2, 0.25) is 5.82 Å². The number of imidazole rings is 1. The van der Waals surface area contributed by atoms with E-state index in [0.29, 0.717) is 27.3 Å². The van der Waals surface area contributed by atoms with Gasteiger partial charge < -0.3 is 10.6 Å². The van der Waals surface area contributed by atoms with Gasteiger partial charge in [-0.05, 0) is 29.5 Å². The monoisotopic (exact) mass is 484 g/mol. The molecule has 0 aliphatic heterocycles. The summed E-state index contributed by atoms with van der Waals surface area (Å²) in [5.41, 5.74) is 2.28. The maximum atomic E-state index is 12.5. The van der Waals surface area contributed by atoms with Crippen LogP contribution in [0.25, 0.3) is 28.3 Å². The van der Waals surface area contributed by atoms with Crippen molar-refractivity contribution in [1.29, 1.82) is 0 Å². The third-order valence-electron chi connectivity index (χ3n) is 4.41. The number of alkyl halides is 6. The van der Waals surface area contributed by atoms with Crippen molar-refractivity contribution in [2.75, 3.05) is 11.9 Å². The molecule has 0 radical (unpaired) electrons. The lowest BCUT2D eigenvalue weighted by molar-refractivity contribution is -0.145. The molecule has 4 rings (SSSR count). The summed E-state index contributed by atoms with van der Waals surface area (Å²) < 4.78 is 75.9. The number of hydrogen-bond donors (Lipinski definition) is 2. The average Bonchev–Trinajstić information content (AvgIpc) is 3.37. The van der Waals surface area contributed by atoms with Crippen molar-refractivity contribution in [3.63, 3.8) is 0 Å². The molecule has 1 aromatic carbocycles. The summed E-state index contributed by atoms with van der Waals surface area (Å²) in [6.45, 7) is -2.83.